The second kappa shape index (κ2) is 6.39. The number of nitrogens with zero attached hydrogens (tertiary/aromatic N) is 2. The molecule has 1 saturated heterocycles. The number of likely N-dealkylation sites (tertiary alicyclic amines) is 1. The smallest absolute Gasteiger partial charge is 0.254 e. The van der Waals surface area contributed by atoms with E-state index >= 15 is 0 Å². The van der Waals surface area contributed by atoms with Crippen molar-refractivity contribution in [1.29, 1.82) is 0 Å². The fraction of sp³-hybridized carbons (Fsp3) is 0.444. The molecule has 2 unspecified atom stereocenters. The van der Waals surface area contributed by atoms with Crippen LogP contribution in [0.5, 0.6) is 11.5 Å². The number of fused-ring (bicyclic) bond motifs is 1. The van der Waals surface area contributed by atoms with Crippen LogP contribution in [0.4, 0.5) is 0 Å². The zero-order valence-electron chi connectivity index (χ0n) is 18.5. The van der Waals surface area contributed by atoms with Crippen LogP contribution in [0.3, 0.4) is 0 Å². The van der Waals surface area contributed by atoms with Gasteiger partial charge in [-0.2, -0.15) is 0 Å². The van der Waals surface area contributed by atoms with Crippen molar-refractivity contribution in [2.24, 2.45) is 0 Å². The molecule has 2 bridgehead atoms. The fourth-order valence-electron chi connectivity index (χ4n) is 7.85. The summed E-state index contributed by atoms with van der Waals surface area (Å²) in [6.07, 6.45) is 4.25. The molecule has 3 heterocycles. The predicted octanol–water partition coefficient (Wildman–Crippen LogP) is 2.76. The molecule has 33 heavy (non-hydrogen) atoms. The minimum atomic E-state index is -0.975. The Morgan fingerprint density at radius 3 is 2.85 bits per heavy atom. The highest BCUT2D eigenvalue weighted by Gasteiger charge is 2.73. The average Bonchev–Trinajstić information content (AvgIpc) is 3.33. The van der Waals surface area contributed by atoms with Crippen molar-refractivity contribution in [3.05, 3.63) is 71.3 Å². The van der Waals surface area contributed by atoms with Crippen LogP contribution in [0.25, 0.3) is 0 Å². The van der Waals surface area contributed by atoms with E-state index in [1.165, 1.54) is 0 Å². The molecule has 2 aliphatic carbocycles. The van der Waals surface area contributed by atoms with Crippen LogP contribution < -0.4 is 4.74 Å². The van der Waals surface area contributed by atoms with Gasteiger partial charge in [-0.15, -0.1) is 6.58 Å². The first kappa shape index (κ1) is 19.6. The third-order valence-electron chi connectivity index (χ3n) is 9.15. The van der Waals surface area contributed by atoms with Crippen LogP contribution in [0.2, 0.25) is 0 Å². The Balaban J connectivity index is 1.38. The summed E-state index contributed by atoms with van der Waals surface area (Å²) in [5, 5.41) is 23.2. The molecule has 6 heteroatoms. The van der Waals surface area contributed by atoms with Gasteiger partial charge in [0.15, 0.2) is 11.5 Å². The van der Waals surface area contributed by atoms with E-state index in [9.17, 15) is 15.0 Å². The van der Waals surface area contributed by atoms with Crippen molar-refractivity contribution in [2.75, 3.05) is 13.1 Å². The topological polar surface area (TPSA) is 73.2 Å². The van der Waals surface area contributed by atoms with Gasteiger partial charge in [-0.05, 0) is 55.5 Å². The lowest BCUT2D eigenvalue weighted by Gasteiger charge is -2.64. The summed E-state index contributed by atoms with van der Waals surface area (Å²) in [7, 11) is 0. The van der Waals surface area contributed by atoms with E-state index in [2.05, 4.69) is 11.5 Å². The maximum absolute atomic E-state index is 13.4. The summed E-state index contributed by atoms with van der Waals surface area (Å²) >= 11 is 0. The number of amides is 1. The largest absolute Gasteiger partial charge is 0.504 e. The first-order valence-corrected chi connectivity index (χ1v) is 12.0. The number of benzene rings is 2. The number of phenols is 1. The molecule has 5 aliphatic rings. The zero-order chi connectivity index (χ0) is 22.5. The lowest BCUT2D eigenvalue weighted by molar-refractivity contribution is -0.196. The molecule has 6 nitrogen and oxygen atoms in total. The highest BCUT2D eigenvalue weighted by molar-refractivity contribution is 5.98. The van der Waals surface area contributed by atoms with Gasteiger partial charge in [0.1, 0.15) is 6.10 Å². The Labute approximate surface area is 193 Å². The molecule has 1 amide bonds. The van der Waals surface area contributed by atoms with Gasteiger partial charge in [-0.1, -0.05) is 30.3 Å². The molecule has 2 aromatic carbocycles. The molecular weight excluding hydrogens is 416 g/mol. The number of aromatic hydroxyl groups is 1. The second-order valence-electron chi connectivity index (χ2n) is 10.3. The van der Waals surface area contributed by atoms with Crippen molar-refractivity contribution in [3.8, 4) is 11.5 Å². The molecule has 2 N–H and O–H groups in total. The predicted molar refractivity (Wildman–Crippen MR) is 122 cm³/mol. The Hall–Kier alpha value is -2.83. The Bertz CT molecular complexity index is 1210. The van der Waals surface area contributed by atoms with Gasteiger partial charge in [0.05, 0.1) is 17.1 Å². The van der Waals surface area contributed by atoms with Crippen LogP contribution in [-0.2, 0) is 18.4 Å². The highest BCUT2D eigenvalue weighted by atomic mass is 16.5. The van der Waals surface area contributed by atoms with Crippen molar-refractivity contribution in [3.63, 3.8) is 0 Å². The Morgan fingerprint density at radius 2 is 2.03 bits per heavy atom. The number of carbonyl (C=O) groups excluding carboxylic acids is 1. The lowest BCUT2D eigenvalue weighted by Crippen LogP contribution is -2.78. The van der Waals surface area contributed by atoms with Crippen LogP contribution in [0.1, 0.15) is 46.3 Å². The maximum Gasteiger partial charge on any atom is 0.254 e. The monoisotopic (exact) mass is 444 g/mol. The molecule has 7 rings (SSSR count). The summed E-state index contributed by atoms with van der Waals surface area (Å²) < 4.78 is 6.60. The first-order chi connectivity index (χ1) is 16.0. The average molecular weight is 445 g/mol. The minimum absolute atomic E-state index is 0.0363. The van der Waals surface area contributed by atoms with Crippen molar-refractivity contribution in [2.45, 2.75) is 61.4 Å². The van der Waals surface area contributed by atoms with Crippen LogP contribution in [-0.4, -0.2) is 62.8 Å². The quantitative estimate of drug-likeness (QED) is 0.713. The normalized spacial score (nSPS) is 35.7. The van der Waals surface area contributed by atoms with Crippen LogP contribution >= 0.6 is 0 Å². The number of aliphatic hydroxyl groups is 1. The third kappa shape index (κ3) is 2.19. The molecule has 0 radical (unpaired) electrons. The Kier molecular flexibility index (Phi) is 3.80. The fourth-order valence-corrected chi connectivity index (χ4v) is 7.85. The summed E-state index contributed by atoms with van der Waals surface area (Å²) in [5.74, 6) is 0.683. The van der Waals surface area contributed by atoms with E-state index in [-0.39, 0.29) is 29.8 Å². The Morgan fingerprint density at radius 1 is 1.18 bits per heavy atom. The number of rotatable bonds is 3. The molecule has 2 aromatic rings. The highest BCUT2D eigenvalue weighted by Crippen LogP contribution is 2.66. The van der Waals surface area contributed by atoms with Crippen molar-refractivity contribution >= 4 is 5.91 Å². The molecule has 2 fully saturated rings. The van der Waals surface area contributed by atoms with Gasteiger partial charge in [0.2, 0.25) is 0 Å². The van der Waals surface area contributed by atoms with Gasteiger partial charge < -0.3 is 19.8 Å². The third-order valence-corrected chi connectivity index (χ3v) is 9.15. The van der Waals surface area contributed by atoms with Gasteiger partial charge in [0, 0.05) is 30.3 Å². The molecule has 3 aliphatic heterocycles. The molecular formula is C27H28N2O4. The number of hydrogen-bond acceptors (Lipinski definition) is 5. The summed E-state index contributed by atoms with van der Waals surface area (Å²) in [5.41, 5.74) is 2.33. The van der Waals surface area contributed by atoms with Crippen molar-refractivity contribution < 1.29 is 19.7 Å². The lowest BCUT2D eigenvalue weighted by atomic mass is 9.48. The van der Waals surface area contributed by atoms with E-state index in [1.54, 1.807) is 6.07 Å². The standard InChI is InChI=1S/C27H28N2O4/c1-2-12-28-13-11-26-22-16-7-8-20(30)23(22)33-24(26)19(9-10-27(26,32)21(28)14-16)29-15-17-5-3-4-6-18(17)25(29)31/h2-8,19,21,24,30,32H,1,9-15H2/t19?,21-,24?,26+,27-/m1/s1. The summed E-state index contributed by atoms with van der Waals surface area (Å²) in [6, 6.07) is 11.3. The molecule has 0 aromatic heterocycles. The van der Waals surface area contributed by atoms with Gasteiger partial charge >= 0.3 is 0 Å². The van der Waals surface area contributed by atoms with Crippen molar-refractivity contribution in [1.82, 2.24) is 9.80 Å². The number of ether oxygens (including phenoxy) is 1. The van der Waals surface area contributed by atoms with Gasteiger partial charge in [-0.3, -0.25) is 9.69 Å². The van der Waals surface area contributed by atoms with E-state index in [1.807, 2.05) is 41.3 Å². The van der Waals surface area contributed by atoms with E-state index in [0.29, 0.717) is 25.1 Å². The second-order valence-corrected chi connectivity index (χ2v) is 10.3. The zero-order valence-corrected chi connectivity index (χ0v) is 18.5. The molecule has 1 spiro atoms. The number of hydrogen-bond donors (Lipinski definition) is 2. The number of piperidine rings is 1. The van der Waals surface area contributed by atoms with Crippen LogP contribution in [0, 0.1) is 0 Å². The molecule has 5 atom stereocenters. The molecule has 1 saturated carbocycles. The van der Waals surface area contributed by atoms with E-state index < -0.39 is 11.0 Å². The van der Waals surface area contributed by atoms with Gasteiger partial charge in [-0.25, -0.2) is 0 Å². The molecule has 170 valence electrons. The van der Waals surface area contributed by atoms with E-state index in [4.69, 9.17) is 4.74 Å². The maximum atomic E-state index is 13.4. The number of carbonyl (C=O) groups is 1. The van der Waals surface area contributed by atoms with Crippen LogP contribution in [0.15, 0.2) is 49.1 Å². The number of phenolic OH excluding ortho intramolecular Hbond substituents is 1. The van der Waals surface area contributed by atoms with Gasteiger partial charge in [0.25, 0.3) is 5.91 Å². The van der Waals surface area contributed by atoms with E-state index in [0.717, 1.165) is 48.2 Å². The SMILES string of the molecule is C=CCN1CC[C@]23c4c5ccc(O)c4OC2C(N2Cc4ccccc4C2=O)CC[C@@]3(O)[C@H]1C5. The summed E-state index contributed by atoms with van der Waals surface area (Å²) in [6.45, 7) is 6.06. The first-order valence-electron chi connectivity index (χ1n) is 12.0. The minimum Gasteiger partial charge on any atom is -0.504 e. The summed E-state index contributed by atoms with van der Waals surface area (Å²) in [4.78, 5) is 17.7.